The highest BCUT2D eigenvalue weighted by molar-refractivity contribution is 6.31. The highest BCUT2D eigenvalue weighted by Crippen LogP contribution is 2.36. The summed E-state index contributed by atoms with van der Waals surface area (Å²) in [6, 6.07) is 13.2. The van der Waals surface area contributed by atoms with Gasteiger partial charge in [0.05, 0.1) is 34.4 Å². The maximum atomic E-state index is 13.0. The van der Waals surface area contributed by atoms with Crippen LogP contribution in [0.1, 0.15) is 21.5 Å². The van der Waals surface area contributed by atoms with Crippen LogP contribution in [-0.4, -0.2) is 42.1 Å². The number of alkyl halides is 3. The number of carbonyl (C=O) groups is 2. The summed E-state index contributed by atoms with van der Waals surface area (Å²) in [5.41, 5.74) is 0.981. The van der Waals surface area contributed by atoms with Gasteiger partial charge >= 0.3 is 12.2 Å². The summed E-state index contributed by atoms with van der Waals surface area (Å²) in [5.74, 6) is 0.0253. The largest absolute Gasteiger partial charge is 0.474 e. The average Bonchev–Trinajstić information content (AvgIpc) is 2.89. The number of halogens is 4. The van der Waals surface area contributed by atoms with Crippen LogP contribution in [0.15, 0.2) is 66.9 Å². The topological polar surface area (TPSA) is 102 Å². The van der Waals surface area contributed by atoms with Crippen molar-refractivity contribution >= 4 is 45.8 Å². The second kappa shape index (κ2) is 11.4. The van der Waals surface area contributed by atoms with Gasteiger partial charge in [-0.05, 0) is 60.7 Å². The molecule has 8 nitrogen and oxygen atoms in total. The van der Waals surface area contributed by atoms with Crippen molar-refractivity contribution in [1.82, 2.24) is 9.97 Å². The quantitative estimate of drug-likeness (QED) is 0.202. The van der Waals surface area contributed by atoms with Crippen LogP contribution in [0.3, 0.4) is 0 Å². The van der Waals surface area contributed by atoms with E-state index in [4.69, 9.17) is 21.1 Å². The van der Waals surface area contributed by atoms with Gasteiger partial charge in [-0.3, -0.25) is 4.79 Å². The second-order valence-corrected chi connectivity index (χ2v) is 8.34. The summed E-state index contributed by atoms with van der Waals surface area (Å²) < 4.78 is 49.5. The Morgan fingerprint density at radius 2 is 1.58 bits per heavy atom. The van der Waals surface area contributed by atoms with Gasteiger partial charge in [0.1, 0.15) is 6.61 Å². The van der Waals surface area contributed by atoms with E-state index in [0.29, 0.717) is 46.9 Å². The zero-order chi connectivity index (χ0) is 27.3. The Kier molecular flexibility index (Phi) is 8.08. The van der Waals surface area contributed by atoms with E-state index in [9.17, 15) is 22.8 Å². The van der Waals surface area contributed by atoms with E-state index in [1.165, 1.54) is 36.5 Å². The summed E-state index contributed by atoms with van der Waals surface area (Å²) in [5, 5.41) is 4.35. The molecule has 0 aliphatic rings. The number of ether oxygens (including phenoxy) is 2. The zero-order valence-electron chi connectivity index (χ0n) is 19.8. The average molecular weight is 545 g/mol. The van der Waals surface area contributed by atoms with Gasteiger partial charge in [0.2, 0.25) is 5.88 Å². The van der Waals surface area contributed by atoms with Crippen molar-refractivity contribution in [3.63, 3.8) is 0 Å². The number of aromatic nitrogens is 2. The Morgan fingerprint density at radius 1 is 0.895 bits per heavy atom. The smallest absolute Gasteiger partial charge is 0.417 e. The van der Waals surface area contributed by atoms with Gasteiger partial charge in [0.25, 0.3) is 0 Å². The van der Waals surface area contributed by atoms with Crippen LogP contribution in [0.2, 0.25) is 5.02 Å². The summed E-state index contributed by atoms with van der Waals surface area (Å²) >= 11 is 5.60. The van der Waals surface area contributed by atoms with E-state index in [-0.39, 0.29) is 11.5 Å². The van der Waals surface area contributed by atoms with Crippen LogP contribution in [-0.2, 0) is 10.9 Å². The standard InChI is InChI=1S/C26H20ClF3N4O4/c1-37-10-11-38-23-14-31-21-9-4-16(12-22(21)34-23)24(35)15-2-5-17(6-3-15)32-25(36)33-18-7-8-20(27)19(13-18)26(28,29)30/h2-9,12-14H,10-11H2,1H3,(H2,32,33,36). The number of ketones is 1. The minimum atomic E-state index is -4.66. The Labute approximate surface area is 219 Å². The van der Waals surface area contributed by atoms with E-state index in [1.54, 1.807) is 25.3 Å². The molecule has 12 heteroatoms. The number of carbonyl (C=O) groups excluding carboxylic acids is 2. The third-order valence-electron chi connectivity index (χ3n) is 5.25. The molecule has 0 unspecified atom stereocenters. The van der Waals surface area contributed by atoms with E-state index in [2.05, 4.69) is 20.6 Å². The van der Waals surface area contributed by atoms with E-state index in [1.807, 2.05) is 0 Å². The lowest BCUT2D eigenvalue weighted by atomic mass is 10.0. The first-order valence-electron chi connectivity index (χ1n) is 11.1. The van der Waals surface area contributed by atoms with Crippen molar-refractivity contribution in [2.24, 2.45) is 0 Å². The van der Waals surface area contributed by atoms with Crippen LogP contribution < -0.4 is 15.4 Å². The minimum Gasteiger partial charge on any atom is -0.474 e. The van der Waals surface area contributed by atoms with E-state index < -0.39 is 22.8 Å². The molecule has 0 bridgehead atoms. The van der Waals surface area contributed by atoms with E-state index in [0.717, 1.165) is 12.1 Å². The van der Waals surface area contributed by atoms with Crippen LogP contribution in [0.5, 0.6) is 5.88 Å². The van der Waals surface area contributed by atoms with Crippen molar-refractivity contribution < 1.29 is 32.2 Å². The maximum Gasteiger partial charge on any atom is 0.417 e. The molecule has 0 atom stereocenters. The monoisotopic (exact) mass is 544 g/mol. The molecule has 196 valence electrons. The maximum absolute atomic E-state index is 13.0. The van der Waals surface area contributed by atoms with Crippen LogP contribution in [0.25, 0.3) is 11.0 Å². The van der Waals surface area contributed by atoms with Crippen molar-refractivity contribution in [3.05, 3.63) is 88.6 Å². The number of fused-ring (bicyclic) bond motifs is 1. The molecule has 2 amide bonds. The Hall–Kier alpha value is -4.22. The number of benzene rings is 3. The normalized spacial score (nSPS) is 11.3. The van der Waals surface area contributed by atoms with Gasteiger partial charge in [-0.1, -0.05) is 11.6 Å². The molecule has 0 radical (unpaired) electrons. The van der Waals surface area contributed by atoms with Crippen molar-refractivity contribution in [2.75, 3.05) is 31.0 Å². The molecule has 1 aromatic heterocycles. The molecule has 0 saturated heterocycles. The summed E-state index contributed by atoms with van der Waals surface area (Å²) in [7, 11) is 1.56. The summed E-state index contributed by atoms with van der Waals surface area (Å²) in [4.78, 5) is 33.9. The molecule has 4 aromatic rings. The zero-order valence-corrected chi connectivity index (χ0v) is 20.6. The third-order valence-corrected chi connectivity index (χ3v) is 5.58. The number of hydrogen-bond donors (Lipinski definition) is 2. The predicted octanol–water partition coefficient (Wildman–Crippen LogP) is 6.20. The lowest BCUT2D eigenvalue weighted by molar-refractivity contribution is -0.137. The fourth-order valence-electron chi connectivity index (χ4n) is 3.42. The number of nitrogens with zero attached hydrogens (tertiary/aromatic N) is 2. The number of anilines is 2. The molecule has 0 fully saturated rings. The first-order chi connectivity index (χ1) is 18.1. The number of rotatable bonds is 8. The summed E-state index contributed by atoms with van der Waals surface area (Å²) in [6.45, 7) is 0.701. The number of methoxy groups -OCH3 is 1. The number of urea groups is 1. The molecule has 1 heterocycles. The first-order valence-corrected chi connectivity index (χ1v) is 11.5. The van der Waals surface area contributed by atoms with Gasteiger partial charge < -0.3 is 20.1 Å². The molecule has 38 heavy (non-hydrogen) atoms. The molecule has 0 saturated carbocycles. The highest BCUT2D eigenvalue weighted by Gasteiger charge is 2.33. The molecule has 4 rings (SSSR count). The van der Waals surface area contributed by atoms with Crippen molar-refractivity contribution in [3.8, 4) is 5.88 Å². The fraction of sp³-hybridized carbons (Fsp3) is 0.154. The SMILES string of the molecule is COCCOc1cnc2ccc(C(=O)c3ccc(NC(=O)Nc4ccc(Cl)c(C(F)(F)F)c4)cc3)cc2n1. The molecule has 3 aromatic carbocycles. The first kappa shape index (κ1) is 26.8. The van der Waals surface area contributed by atoms with Gasteiger partial charge in [0, 0.05) is 29.6 Å². The summed E-state index contributed by atoms with van der Waals surface area (Å²) in [6.07, 6.45) is -3.17. The molecule has 2 N–H and O–H groups in total. The van der Waals surface area contributed by atoms with Gasteiger partial charge in [-0.25, -0.2) is 14.8 Å². The lowest BCUT2D eigenvalue weighted by Crippen LogP contribution is -2.20. The molecule has 0 aliphatic carbocycles. The fourth-order valence-corrected chi connectivity index (χ4v) is 3.64. The van der Waals surface area contributed by atoms with Crippen LogP contribution in [0.4, 0.5) is 29.3 Å². The number of hydrogen-bond acceptors (Lipinski definition) is 6. The van der Waals surface area contributed by atoms with Crippen LogP contribution >= 0.6 is 11.6 Å². The van der Waals surface area contributed by atoms with Crippen molar-refractivity contribution in [2.45, 2.75) is 6.18 Å². The van der Waals surface area contributed by atoms with Gasteiger partial charge in [-0.15, -0.1) is 0 Å². The Bertz CT molecular complexity index is 1480. The van der Waals surface area contributed by atoms with Gasteiger partial charge in [-0.2, -0.15) is 13.2 Å². The highest BCUT2D eigenvalue weighted by atomic mass is 35.5. The lowest BCUT2D eigenvalue weighted by Gasteiger charge is -2.12. The second-order valence-electron chi connectivity index (χ2n) is 7.93. The molecule has 0 aliphatic heterocycles. The Balaban J connectivity index is 1.42. The van der Waals surface area contributed by atoms with Crippen molar-refractivity contribution in [1.29, 1.82) is 0 Å². The minimum absolute atomic E-state index is 0.0855. The third kappa shape index (κ3) is 6.55. The predicted molar refractivity (Wildman–Crippen MR) is 136 cm³/mol. The number of amides is 2. The molecular formula is C26H20ClF3N4O4. The molecule has 0 spiro atoms. The Morgan fingerprint density at radius 3 is 2.29 bits per heavy atom. The van der Waals surface area contributed by atoms with Gasteiger partial charge in [0.15, 0.2) is 5.78 Å². The van der Waals surface area contributed by atoms with E-state index >= 15 is 0 Å². The number of nitrogens with one attached hydrogen (secondary N) is 2. The van der Waals surface area contributed by atoms with Crippen LogP contribution in [0, 0.1) is 0 Å². The molecular weight excluding hydrogens is 525 g/mol.